The Hall–Kier alpha value is -4.00. The molecular formula is C21H16N2O5. The number of ether oxygens (including phenoxy) is 1. The van der Waals surface area contributed by atoms with Crippen molar-refractivity contribution in [3.05, 3.63) is 88.5 Å². The van der Waals surface area contributed by atoms with Crippen LogP contribution in [0, 0.1) is 10.1 Å². The van der Waals surface area contributed by atoms with Crippen LogP contribution in [-0.2, 0) is 4.79 Å². The summed E-state index contributed by atoms with van der Waals surface area (Å²) in [6.07, 6.45) is 0. The van der Waals surface area contributed by atoms with E-state index in [1.807, 2.05) is 6.07 Å². The molecule has 0 aliphatic heterocycles. The largest absolute Gasteiger partial charge is 0.427 e. The van der Waals surface area contributed by atoms with Gasteiger partial charge in [-0.2, -0.15) is 0 Å². The highest BCUT2D eigenvalue weighted by molar-refractivity contribution is 6.05. The van der Waals surface area contributed by atoms with Gasteiger partial charge in [0, 0.05) is 30.3 Å². The highest BCUT2D eigenvalue weighted by atomic mass is 16.6. The van der Waals surface area contributed by atoms with Crippen LogP contribution in [-0.4, -0.2) is 16.8 Å². The Morgan fingerprint density at radius 1 is 0.929 bits per heavy atom. The van der Waals surface area contributed by atoms with Crippen molar-refractivity contribution in [1.82, 2.24) is 0 Å². The van der Waals surface area contributed by atoms with Gasteiger partial charge in [0.15, 0.2) is 0 Å². The molecule has 3 rings (SSSR count). The van der Waals surface area contributed by atoms with Crippen LogP contribution < -0.4 is 10.1 Å². The maximum atomic E-state index is 12.5. The highest BCUT2D eigenvalue weighted by Crippen LogP contribution is 2.24. The number of rotatable bonds is 5. The lowest BCUT2D eigenvalue weighted by molar-refractivity contribution is -0.384. The number of non-ortho nitro benzene ring substituents is 1. The lowest BCUT2D eigenvalue weighted by Gasteiger charge is -2.08. The number of hydrogen-bond acceptors (Lipinski definition) is 5. The van der Waals surface area contributed by atoms with Crippen LogP contribution in [0.4, 0.5) is 11.4 Å². The fourth-order valence-electron chi connectivity index (χ4n) is 2.59. The lowest BCUT2D eigenvalue weighted by Crippen LogP contribution is -2.11. The van der Waals surface area contributed by atoms with E-state index in [0.717, 1.165) is 11.1 Å². The SMILES string of the molecule is CC(=O)Oc1ccc(-c2cccc(C(=O)Nc3ccc([N+](=O)[O-])cc3)c2)cc1. The number of nitrogens with one attached hydrogen (secondary N) is 1. The minimum absolute atomic E-state index is 0.0443. The number of benzene rings is 3. The number of esters is 1. The summed E-state index contributed by atoms with van der Waals surface area (Å²) in [5.41, 5.74) is 2.55. The molecule has 0 saturated carbocycles. The molecule has 1 N–H and O–H groups in total. The molecule has 0 heterocycles. The van der Waals surface area contributed by atoms with Crippen molar-refractivity contribution in [1.29, 1.82) is 0 Å². The molecule has 0 bridgehead atoms. The third-order valence-corrected chi connectivity index (χ3v) is 3.91. The summed E-state index contributed by atoms with van der Waals surface area (Å²) in [6.45, 7) is 1.33. The van der Waals surface area contributed by atoms with Gasteiger partial charge in [-0.05, 0) is 47.5 Å². The number of anilines is 1. The van der Waals surface area contributed by atoms with Gasteiger partial charge < -0.3 is 10.1 Å². The number of carbonyl (C=O) groups excluding carboxylic acids is 2. The van der Waals surface area contributed by atoms with Crippen molar-refractivity contribution < 1.29 is 19.2 Å². The average molecular weight is 376 g/mol. The molecule has 7 heteroatoms. The fraction of sp³-hybridized carbons (Fsp3) is 0.0476. The molecule has 1 amide bonds. The Morgan fingerprint density at radius 3 is 2.21 bits per heavy atom. The molecule has 0 aliphatic rings. The molecule has 0 unspecified atom stereocenters. The number of nitro benzene ring substituents is 1. The molecule has 28 heavy (non-hydrogen) atoms. The van der Waals surface area contributed by atoms with Gasteiger partial charge in [-0.25, -0.2) is 0 Å². The highest BCUT2D eigenvalue weighted by Gasteiger charge is 2.10. The van der Waals surface area contributed by atoms with E-state index in [2.05, 4.69) is 5.32 Å². The fourth-order valence-corrected chi connectivity index (χ4v) is 2.59. The summed E-state index contributed by atoms with van der Waals surface area (Å²) in [6, 6.07) is 19.6. The zero-order valence-corrected chi connectivity index (χ0v) is 14.9. The maximum absolute atomic E-state index is 12.5. The van der Waals surface area contributed by atoms with E-state index >= 15 is 0 Å². The van der Waals surface area contributed by atoms with Crippen LogP contribution in [0.1, 0.15) is 17.3 Å². The normalized spacial score (nSPS) is 10.2. The standard InChI is InChI=1S/C21H16N2O5/c1-14(24)28-20-11-5-15(6-12-20)16-3-2-4-17(13-16)21(25)22-18-7-9-19(10-8-18)23(26)27/h2-13H,1H3,(H,22,25). The molecule has 140 valence electrons. The molecule has 3 aromatic rings. The number of nitro groups is 1. The first kappa shape index (κ1) is 18.8. The van der Waals surface area contributed by atoms with E-state index in [-0.39, 0.29) is 11.6 Å². The minimum Gasteiger partial charge on any atom is -0.427 e. The number of nitrogens with zero attached hydrogens (tertiary/aromatic N) is 1. The van der Waals surface area contributed by atoms with Crippen molar-refractivity contribution in [3.8, 4) is 16.9 Å². The van der Waals surface area contributed by atoms with Gasteiger partial charge in [0.2, 0.25) is 0 Å². The van der Waals surface area contributed by atoms with Crippen molar-refractivity contribution in [2.75, 3.05) is 5.32 Å². The van der Waals surface area contributed by atoms with Gasteiger partial charge in [0.25, 0.3) is 11.6 Å². The second-order valence-electron chi connectivity index (χ2n) is 5.96. The van der Waals surface area contributed by atoms with Gasteiger partial charge in [-0.15, -0.1) is 0 Å². The third kappa shape index (κ3) is 4.59. The van der Waals surface area contributed by atoms with Gasteiger partial charge >= 0.3 is 5.97 Å². The summed E-state index contributed by atoms with van der Waals surface area (Å²) < 4.78 is 5.01. The van der Waals surface area contributed by atoms with Crippen LogP contribution >= 0.6 is 0 Å². The molecule has 0 aromatic heterocycles. The first-order valence-electron chi connectivity index (χ1n) is 8.37. The Balaban J connectivity index is 1.75. The van der Waals surface area contributed by atoms with E-state index in [1.54, 1.807) is 42.5 Å². The van der Waals surface area contributed by atoms with Crippen molar-refractivity contribution >= 4 is 23.3 Å². The Labute approximate surface area is 160 Å². The monoisotopic (exact) mass is 376 g/mol. The molecular weight excluding hydrogens is 360 g/mol. The molecule has 0 spiro atoms. The van der Waals surface area contributed by atoms with E-state index in [0.29, 0.717) is 17.0 Å². The van der Waals surface area contributed by atoms with Crippen LogP contribution in [0.2, 0.25) is 0 Å². The first-order valence-corrected chi connectivity index (χ1v) is 8.37. The number of hydrogen-bond donors (Lipinski definition) is 1. The van der Waals surface area contributed by atoms with Crippen LogP contribution in [0.15, 0.2) is 72.8 Å². The average Bonchev–Trinajstić information content (AvgIpc) is 2.68. The quantitative estimate of drug-likeness (QED) is 0.307. The van der Waals surface area contributed by atoms with Crippen LogP contribution in [0.3, 0.4) is 0 Å². The predicted molar refractivity (Wildman–Crippen MR) is 104 cm³/mol. The zero-order chi connectivity index (χ0) is 20.1. The van der Waals surface area contributed by atoms with Crippen molar-refractivity contribution in [2.24, 2.45) is 0 Å². The second-order valence-corrected chi connectivity index (χ2v) is 5.96. The molecule has 0 fully saturated rings. The van der Waals surface area contributed by atoms with Gasteiger partial charge in [0.05, 0.1) is 4.92 Å². The van der Waals surface area contributed by atoms with Gasteiger partial charge in [-0.1, -0.05) is 24.3 Å². The summed E-state index contributed by atoms with van der Waals surface area (Å²) in [5, 5.41) is 13.4. The number of carbonyl (C=O) groups is 2. The van der Waals surface area contributed by atoms with E-state index in [1.165, 1.54) is 31.2 Å². The summed E-state index contributed by atoms with van der Waals surface area (Å²) in [4.78, 5) is 33.7. The molecule has 0 atom stereocenters. The van der Waals surface area contributed by atoms with Crippen LogP contribution in [0.25, 0.3) is 11.1 Å². The topological polar surface area (TPSA) is 98.5 Å². The molecule has 0 radical (unpaired) electrons. The van der Waals surface area contributed by atoms with E-state index in [4.69, 9.17) is 4.74 Å². The Bertz CT molecular complexity index is 1030. The zero-order valence-electron chi connectivity index (χ0n) is 14.9. The Morgan fingerprint density at radius 2 is 1.61 bits per heavy atom. The van der Waals surface area contributed by atoms with Gasteiger partial charge in [0.1, 0.15) is 5.75 Å². The smallest absolute Gasteiger partial charge is 0.308 e. The molecule has 7 nitrogen and oxygen atoms in total. The van der Waals surface area contributed by atoms with E-state index < -0.39 is 10.9 Å². The number of amides is 1. The first-order chi connectivity index (χ1) is 13.4. The van der Waals surface area contributed by atoms with Gasteiger partial charge in [-0.3, -0.25) is 19.7 Å². The van der Waals surface area contributed by atoms with Crippen molar-refractivity contribution in [2.45, 2.75) is 6.92 Å². The molecule has 0 aliphatic carbocycles. The maximum Gasteiger partial charge on any atom is 0.308 e. The van der Waals surface area contributed by atoms with Crippen LogP contribution in [0.5, 0.6) is 5.75 Å². The second kappa shape index (κ2) is 8.13. The van der Waals surface area contributed by atoms with Crippen molar-refractivity contribution in [3.63, 3.8) is 0 Å². The lowest BCUT2D eigenvalue weighted by atomic mass is 10.0. The van der Waals surface area contributed by atoms with E-state index in [9.17, 15) is 19.7 Å². The predicted octanol–water partition coefficient (Wildman–Crippen LogP) is 4.44. The Kier molecular flexibility index (Phi) is 5.45. The third-order valence-electron chi connectivity index (χ3n) is 3.91. The molecule has 0 saturated heterocycles. The summed E-state index contributed by atoms with van der Waals surface area (Å²) >= 11 is 0. The minimum atomic E-state index is -0.498. The summed E-state index contributed by atoms with van der Waals surface area (Å²) in [7, 11) is 0. The summed E-state index contributed by atoms with van der Waals surface area (Å²) in [5.74, 6) is -0.270. The molecule has 3 aromatic carbocycles.